The van der Waals surface area contributed by atoms with Crippen LogP contribution in [0, 0.1) is 0 Å². The first-order valence-electron chi connectivity index (χ1n) is 7.15. The van der Waals surface area contributed by atoms with Crippen molar-refractivity contribution in [1.29, 1.82) is 0 Å². The maximum absolute atomic E-state index is 6.19. The van der Waals surface area contributed by atoms with Crippen LogP contribution in [0.2, 0.25) is 0 Å². The van der Waals surface area contributed by atoms with E-state index in [9.17, 15) is 0 Å². The first-order valence-corrected chi connectivity index (χ1v) is 7.59. The highest BCUT2D eigenvalue weighted by molar-refractivity contribution is 6.21. The molecule has 4 nitrogen and oxygen atoms in total. The lowest BCUT2D eigenvalue weighted by Gasteiger charge is -2.44. The molecule has 2 fully saturated rings. The zero-order chi connectivity index (χ0) is 13.8. The van der Waals surface area contributed by atoms with Crippen LogP contribution in [-0.2, 0) is 18.9 Å². The van der Waals surface area contributed by atoms with Crippen molar-refractivity contribution in [2.45, 2.75) is 69.0 Å². The maximum atomic E-state index is 6.19. The second-order valence-corrected chi connectivity index (χ2v) is 6.17. The molecule has 0 N–H and O–H groups in total. The van der Waals surface area contributed by atoms with Crippen LogP contribution in [0.15, 0.2) is 0 Å². The SMILES string of the molecule is COCCOC1C(Cl)CC1OC1CC(C)OC(C)C1. The lowest BCUT2D eigenvalue weighted by molar-refractivity contribution is -0.182. The van der Waals surface area contributed by atoms with Crippen molar-refractivity contribution in [3.05, 3.63) is 0 Å². The summed E-state index contributed by atoms with van der Waals surface area (Å²) < 4.78 is 22.6. The molecule has 5 unspecified atom stereocenters. The molecule has 112 valence electrons. The van der Waals surface area contributed by atoms with E-state index in [2.05, 4.69) is 13.8 Å². The molecule has 0 bridgehead atoms. The van der Waals surface area contributed by atoms with Crippen molar-refractivity contribution in [3.8, 4) is 0 Å². The molecule has 19 heavy (non-hydrogen) atoms. The number of halogens is 1. The summed E-state index contributed by atoms with van der Waals surface area (Å²) in [5.74, 6) is 0. The summed E-state index contributed by atoms with van der Waals surface area (Å²) in [6, 6.07) is 0. The summed E-state index contributed by atoms with van der Waals surface area (Å²) in [6.45, 7) is 5.37. The molecule has 0 amide bonds. The molecule has 0 radical (unpaired) electrons. The first-order chi connectivity index (χ1) is 9.10. The smallest absolute Gasteiger partial charge is 0.100 e. The fourth-order valence-corrected chi connectivity index (χ4v) is 3.25. The lowest BCUT2D eigenvalue weighted by atomic mass is 9.90. The standard InChI is InChI=1S/C14H25ClO4/c1-9-6-11(7-10(2)18-9)19-13-8-12(15)14(13)17-5-4-16-3/h9-14H,4-8H2,1-3H3. The maximum Gasteiger partial charge on any atom is 0.100 e. The first kappa shape index (κ1) is 15.5. The third-order valence-corrected chi connectivity index (χ3v) is 4.23. The fourth-order valence-electron chi connectivity index (χ4n) is 2.84. The van der Waals surface area contributed by atoms with E-state index in [1.54, 1.807) is 7.11 Å². The Morgan fingerprint density at radius 3 is 2.37 bits per heavy atom. The van der Waals surface area contributed by atoms with Gasteiger partial charge in [0.2, 0.25) is 0 Å². The topological polar surface area (TPSA) is 36.9 Å². The minimum atomic E-state index is 0.00488. The third-order valence-electron chi connectivity index (χ3n) is 3.80. The van der Waals surface area contributed by atoms with Crippen LogP contribution in [0.1, 0.15) is 33.1 Å². The summed E-state index contributed by atoms with van der Waals surface area (Å²) >= 11 is 6.19. The lowest BCUT2D eigenvalue weighted by Crippen LogP contribution is -2.53. The highest BCUT2D eigenvalue weighted by Gasteiger charge is 2.43. The molecule has 1 saturated heterocycles. The number of rotatable bonds is 6. The van der Waals surface area contributed by atoms with Gasteiger partial charge in [-0.25, -0.2) is 0 Å². The van der Waals surface area contributed by atoms with Gasteiger partial charge in [-0.2, -0.15) is 0 Å². The van der Waals surface area contributed by atoms with Gasteiger partial charge in [0.25, 0.3) is 0 Å². The molecule has 0 aromatic rings. The molecule has 2 rings (SSSR count). The van der Waals surface area contributed by atoms with Crippen molar-refractivity contribution in [2.75, 3.05) is 20.3 Å². The van der Waals surface area contributed by atoms with E-state index in [4.69, 9.17) is 30.5 Å². The number of methoxy groups -OCH3 is 1. The van der Waals surface area contributed by atoms with Crippen LogP contribution in [0.3, 0.4) is 0 Å². The summed E-state index contributed by atoms with van der Waals surface area (Å²) in [6.07, 6.45) is 3.73. The van der Waals surface area contributed by atoms with Gasteiger partial charge >= 0.3 is 0 Å². The Balaban J connectivity index is 1.75. The molecular formula is C14H25ClO4. The molecule has 1 aliphatic heterocycles. The molecule has 5 heteroatoms. The van der Waals surface area contributed by atoms with Gasteiger partial charge in [0.15, 0.2) is 0 Å². The minimum absolute atomic E-state index is 0.00488. The Morgan fingerprint density at radius 2 is 1.79 bits per heavy atom. The second-order valence-electron chi connectivity index (χ2n) is 5.61. The Hall–Kier alpha value is 0.130. The van der Waals surface area contributed by atoms with Crippen molar-refractivity contribution in [3.63, 3.8) is 0 Å². The zero-order valence-corrected chi connectivity index (χ0v) is 12.8. The molecule has 5 atom stereocenters. The van der Waals surface area contributed by atoms with E-state index in [-0.39, 0.29) is 35.9 Å². The van der Waals surface area contributed by atoms with Crippen LogP contribution in [-0.4, -0.2) is 56.2 Å². The van der Waals surface area contributed by atoms with Crippen molar-refractivity contribution in [1.82, 2.24) is 0 Å². The van der Waals surface area contributed by atoms with Crippen LogP contribution in [0.25, 0.3) is 0 Å². The summed E-state index contributed by atoms with van der Waals surface area (Å²) in [5.41, 5.74) is 0. The van der Waals surface area contributed by atoms with Gasteiger partial charge in [0.1, 0.15) is 6.10 Å². The zero-order valence-electron chi connectivity index (χ0n) is 12.0. The number of ether oxygens (including phenoxy) is 4. The van der Waals surface area contributed by atoms with E-state index in [0.717, 1.165) is 19.3 Å². The third kappa shape index (κ3) is 4.30. The Morgan fingerprint density at radius 1 is 1.11 bits per heavy atom. The molecule has 1 aliphatic carbocycles. The van der Waals surface area contributed by atoms with Gasteiger partial charge in [-0.05, 0) is 33.1 Å². The van der Waals surface area contributed by atoms with E-state index < -0.39 is 0 Å². The van der Waals surface area contributed by atoms with Crippen LogP contribution in [0.5, 0.6) is 0 Å². The summed E-state index contributed by atoms with van der Waals surface area (Å²) in [7, 11) is 1.67. The van der Waals surface area contributed by atoms with Gasteiger partial charge in [-0.1, -0.05) is 0 Å². The molecule has 0 aromatic carbocycles. The average molecular weight is 293 g/mol. The van der Waals surface area contributed by atoms with E-state index in [0.29, 0.717) is 13.2 Å². The Bertz CT molecular complexity index is 266. The predicted molar refractivity (Wildman–Crippen MR) is 73.8 cm³/mol. The number of alkyl halides is 1. The van der Waals surface area contributed by atoms with Gasteiger partial charge in [0.05, 0.1) is 43.0 Å². The van der Waals surface area contributed by atoms with Gasteiger partial charge in [0, 0.05) is 7.11 Å². The quantitative estimate of drug-likeness (QED) is 0.556. The summed E-state index contributed by atoms with van der Waals surface area (Å²) in [5, 5.41) is 0.0662. The minimum Gasteiger partial charge on any atom is -0.382 e. The molecular weight excluding hydrogens is 268 g/mol. The Kier molecular flexibility index (Phi) is 5.90. The highest BCUT2D eigenvalue weighted by Crippen LogP contribution is 2.35. The van der Waals surface area contributed by atoms with Crippen LogP contribution in [0.4, 0.5) is 0 Å². The van der Waals surface area contributed by atoms with E-state index >= 15 is 0 Å². The molecule has 0 spiro atoms. The van der Waals surface area contributed by atoms with Crippen molar-refractivity contribution >= 4 is 11.6 Å². The highest BCUT2D eigenvalue weighted by atomic mass is 35.5. The molecule has 2 aliphatic rings. The molecule has 0 aromatic heterocycles. The van der Waals surface area contributed by atoms with Gasteiger partial charge in [-0.15, -0.1) is 11.6 Å². The van der Waals surface area contributed by atoms with E-state index in [1.807, 2.05) is 0 Å². The monoisotopic (exact) mass is 292 g/mol. The van der Waals surface area contributed by atoms with Gasteiger partial charge < -0.3 is 18.9 Å². The number of hydrogen-bond donors (Lipinski definition) is 0. The predicted octanol–water partition coefficient (Wildman–Crippen LogP) is 2.37. The average Bonchev–Trinajstić information content (AvgIpc) is 2.33. The molecule has 1 heterocycles. The van der Waals surface area contributed by atoms with E-state index in [1.165, 1.54) is 0 Å². The van der Waals surface area contributed by atoms with Crippen molar-refractivity contribution in [2.24, 2.45) is 0 Å². The fraction of sp³-hybridized carbons (Fsp3) is 1.00. The largest absolute Gasteiger partial charge is 0.382 e. The second kappa shape index (κ2) is 7.23. The normalized spacial score (nSPS) is 42.9. The number of hydrogen-bond acceptors (Lipinski definition) is 4. The van der Waals surface area contributed by atoms with Crippen LogP contribution < -0.4 is 0 Å². The van der Waals surface area contributed by atoms with Crippen molar-refractivity contribution < 1.29 is 18.9 Å². The molecule has 1 saturated carbocycles. The van der Waals surface area contributed by atoms with Crippen LogP contribution >= 0.6 is 11.6 Å². The summed E-state index contributed by atoms with van der Waals surface area (Å²) in [4.78, 5) is 0. The van der Waals surface area contributed by atoms with Gasteiger partial charge in [-0.3, -0.25) is 0 Å². The Labute approximate surface area is 120 Å².